The number of amides is 1. The van der Waals surface area contributed by atoms with Gasteiger partial charge in [0, 0.05) is 16.7 Å². The number of hydrogen-bond donors (Lipinski definition) is 2. The highest BCUT2D eigenvalue weighted by molar-refractivity contribution is 7.13. The lowest BCUT2D eigenvalue weighted by molar-refractivity contribution is -0.174. The third-order valence-electron chi connectivity index (χ3n) is 5.97. The van der Waals surface area contributed by atoms with Crippen LogP contribution in [0.3, 0.4) is 0 Å². The van der Waals surface area contributed by atoms with Gasteiger partial charge in [-0.1, -0.05) is 56.3 Å². The monoisotopic (exact) mass is 433 g/mol. The minimum absolute atomic E-state index is 0.193. The number of benzene rings is 2. The number of nitrogens with one attached hydrogen (secondary N) is 1. The Morgan fingerprint density at radius 3 is 2.55 bits per heavy atom. The minimum atomic E-state index is -2.16. The molecule has 0 fully saturated rings. The predicted octanol–water partition coefficient (Wildman–Crippen LogP) is 3.50. The lowest BCUT2D eigenvalue weighted by Gasteiger charge is -2.34. The van der Waals surface area contributed by atoms with Crippen molar-refractivity contribution in [1.29, 1.82) is 0 Å². The van der Waals surface area contributed by atoms with Crippen LogP contribution >= 0.6 is 11.3 Å². The minimum Gasteiger partial charge on any atom is -0.454 e. The number of carbonyl (C=O) groups is 3. The maximum Gasteiger partial charge on any atom is 0.294 e. The van der Waals surface area contributed by atoms with Gasteiger partial charge in [-0.05, 0) is 29.0 Å². The van der Waals surface area contributed by atoms with Gasteiger partial charge in [0.2, 0.25) is 11.3 Å². The summed E-state index contributed by atoms with van der Waals surface area (Å²) in [7, 11) is 0. The van der Waals surface area contributed by atoms with Crippen LogP contribution in [0.1, 0.15) is 56.5 Å². The molecule has 0 radical (unpaired) electrons. The highest BCUT2D eigenvalue weighted by Crippen LogP contribution is 2.58. The fourth-order valence-electron chi connectivity index (χ4n) is 4.38. The van der Waals surface area contributed by atoms with Crippen molar-refractivity contribution in [2.45, 2.75) is 31.1 Å². The number of rotatable bonds is 4. The van der Waals surface area contributed by atoms with Gasteiger partial charge in [0.1, 0.15) is 5.75 Å². The summed E-state index contributed by atoms with van der Waals surface area (Å²) in [5.74, 6) is -3.94. The second-order valence-electron chi connectivity index (χ2n) is 8.04. The summed E-state index contributed by atoms with van der Waals surface area (Å²) in [6.07, 6.45) is 0. The highest BCUT2D eigenvalue weighted by atomic mass is 32.1. The van der Waals surface area contributed by atoms with E-state index in [1.807, 2.05) is 19.9 Å². The van der Waals surface area contributed by atoms with Gasteiger partial charge in [-0.2, -0.15) is 0 Å². The second kappa shape index (κ2) is 6.60. The van der Waals surface area contributed by atoms with E-state index in [4.69, 9.17) is 4.74 Å². The first-order valence-corrected chi connectivity index (χ1v) is 10.8. The summed E-state index contributed by atoms with van der Waals surface area (Å²) in [5, 5.41) is 16.0. The zero-order chi connectivity index (χ0) is 22.0. The average molecular weight is 433 g/mol. The van der Waals surface area contributed by atoms with E-state index in [9.17, 15) is 19.5 Å². The molecule has 2 aliphatic rings. The standard InChI is InChI=1S/C24H19NO5S/c1-13(2)14-9-10-17-18(12-14)30-24(29)16-7-4-3-6-15(16)21(27)23(17,24)25-22(28)20(26)19-8-5-11-31-19/h3-13,29H,1-2H3,(H,25,28). The number of ketones is 2. The SMILES string of the molecule is CC(C)c1ccc2c(c1)OC1(O)c3ccccc3C(=O)C21NC(=O)C(=O)c1cccs1. The van der Waals surface area contributed by atoms with Crippen LogP contribution in [-0.4, -0.2) is 22.6 Å². The molecule has 7 heteroatoms. The molecular weight excluding hydrogens is 414 g/mol. The molecule has 2 aromatic carbocycles. The third-order valence-corrected chi connectivity index (χ3v) is 6.84. The molecule has 5 rings (SSSR count). The van der Waals surface area contributed by atoms with Gasteiger partial charge in [0.15, 0.2) is 0 Å². The fourth-order valence-corrected chi connectivity index (χ4v) is 5.04. The number of carbonyl (C=O) groups excluding carboxylic acids is 3. The summed E-state index contributed by atoms with van der Waals surface area (Å²) in [4.78, 5) is 39.6. The van der Waals surface area contributed by atoms with Crippen molar-refractivity contribution in [3.8, 4) is 5.75 Å². The predicted molar refractivity (Wildman–Crippen MR) is 114 cm³/mol. The van der Waals surface area contributed by atoms with Crippen LogP contribution in [0.5, 0.6) is 5.75 Å². The third kappa shape index (κ3) is 2.50. The summed E-state index contributed by atoms with van der Waals surface area (Å²) in [6, 6.07) is 15.0. The van der Waals surface area contributed by atoms with Crippen molar-refractivity contribution >= 4 is 28.8 Å². The van der Waals surface area contributed by atoms with Crippen molar-refractivity contribution in [3.63, 3.8) is 0 Å². The first-order valence-electron chi connectivity index (χ1n) is 9.90. The number of hydrogen-bond acceptors (Lipinski definition) is 6. The molecule has 0 saturated carbocycles. The van der Waals surface area contributed by atoms with Gasteiger partial charge >= 0.3 is 0 Å². The van der Waals surface area contributed by atoms with E-state index in [-0.39, 0.29) is 21.9 Å². The van der Waals surface area contributed by atoms with Crippen LogP contribution in [0.15, 0.2) is 60.0 Å². The summed E-state index contributed by atoms with van der Waals surface area (Å²) >= 11 is 1.13. The Morgan fingerprint density at radius 2 is 1.84 bits per heavy atom. The Labute approximate surface area is 182 Å². The molecule has 1 aliphatic heterocycles. The van der Waals surface area contributed by atoms with E-state index in [0.29, 0.717) is 11.3 Å². The fraction of sp³-hybridized carbons (Fsp3) is 0.208. The largest absolute Gasteiger partial charge is 0.454 e. The van der Waals surface area contributed by atoms with Gasteiger partial charge in [-0.3, -0.25) is 14.4 Å². The topological polar surface area (TPSA) is 92.7 Å². The van der Waals surface area contributed by atoms with E-state index in [2.05, 4.69) is 5.32 Å². The quantitative estimate of drug-likeness (QED) is 0.485. The zero-order valence-corrected chi connectivity index (χ0v) is 17.7. The number of thiophene rings is 1. The molecule has 2 heterocycles. The Morgan fingerprint density at radius 1 is 1.06 bits per heavy atom. The van der Waals surface area contributed by atoms with Gasteiger partial charge < -0.3 is 15.2 Å². The second-order valence-corrected chi connectivity index (χ2v) is 8.99. The molecule has 1 aromatic heterocycles. The van der Waals surface area contributed by atoms with Gasteiger partial charge in [-0.25, -0.2) is 0 Å². The Bertz CT molecular complexity index is 1250. The van der Waals surface area contributed by atoms with Crippen LogP contribution in [-0.2, 0) is 16.1 Å². The van der Waals surface area contributed by atoms with E-state index in [1.54, 1.807) is 47.8 Å². The van der Waals surface area contributed by atoms with Crippen molar-refractivity contribution in [3.05, 3.63) is 87.1 Å². The molecule has 1 aliphatic carbocycles. The van der Waals surface area contributed by atoms with Crippen LogP contribution in [0.25, 0.3) is 0 Å². The van der Waals surface area contributed by atoms with Crippen LogP contribution in [0, 0.1) is 0 Å². The summed E-state index contributed by atoms with van der Waals surface area (Å²) in [5.41, 5.74) is -0.170. The molecule has 0 saturated heterocycles. The Balaban J connectivity index is 1.69. The van der Waals surface area contributed by atoms with Crippen LogP contribution in [0.2, 0.25) is 0 Å². The van der Waals surface area contributed by atoms with Gasteiger partial charge in [-0.15, -0.1) is 11.3 Å². The first kappa shape index (κ1) is 19.7. The smallest absolute Gasteiger partial charge is 0.294 e. The lowest BCUT2D eigenvalue weighted by Crippen LogP contribution is -2.61. The molecule has 0 bridgehead atoms. The molecule has 3 aromatic rings. The Hall–Kier alpha value is -3.29. The molecule has 0 spiro atoms. The van der Waals surface area contributed by atoms with Crippen molar-refractivity contribution in [2.24, 2.45) is 0 Å². The maximum absolute atomic E-state index is 13.7. The van der Waals surface area contributed by atoms with Crippen LogP contribution in [0.4, 0.5) is 0 Å². The van der Waals surface area contributed by atoms with Crippen molar-refractivity contribution < 1.29 is 24.2 Å². The molecule has 1 amide bonds. The van der Waals surface area contributed by atoms with E-state index in [1.165, 1.54) is 6.07 Å². The number of aliphatic hydroxyl groups is 1. The molecular formula is C24H19NO5S. The highest BCUT2D eigenvalue weighted by Gasteiger charge is 2.71. The first-order chi connectivity index (χ1) is 14.8. The van der Waals surface area contributed by atoms with E-state index < -0.39 is 28.8 Å². The number of fused-ring (bicyclic) bond motifs is 5. The van der Waals surface area contributed by atoms with Gasteiger partial charge in [0.25, 0.3) is 17.5 Å². The molecule has 156 valence electrons. The molecule has 31 heavy (non-hydrogen) atoms. The van der Waals surface area contributed by atoms with E-state index in [0.717, 1.165) is 16.9 Å². The number of Topliss-reactive ketones (excluding diaryl/α,β-unsaturated/α-hetero) is 2. The number of ether oxygens (including phenoxy) is 1. The van der Waals surface area contributed by atoms with Crippen molar-refractivity contribution in [2.75, 3.05) is 0 Å². The average Bonchev–Trinajstić information content (AvgIpc) is 3.42. The lowest BCUT2D eigenvalue weighted by atomic mass is 9.82. The summed E-state index contributed by atoms with van der Waals surface area (Å²) in [6.45, 7) is 4.04. The molecule has 2 atom stereocenters. The molecule has 2 unspecified atom stereocenters. The molecule has 2 N–H and O–H groups in total. The van der Waals surface area contributed by atoms with Crippen LogP contribution < -0.4 is 10.1 Å². The van der Waals surface area contributed by atoms with Crippen molar-refractivity contribution in [1.82, 2.24) is 5.32 Å². The Kier molecular flexibility index (Phi) is 4.19. The zero-order valence-electron chi connectivity index (χ0n) is 16.8. The van der Waals surface area contributed by atoms with Gasteiger partial charge in [0.05, 0.1) is 4.88 Å². The molecule has 6 nitrogen and oxygen atoms in total. The van der Waals surface area contributed by atoms with E-state index >= 15 is 0 Å². The summed E-state index contributed by atoms with van der Waals surface area (Å²) < 4.78 is 5.99. The normalized spacial score (nSPS) is 23.2. The maximum atomic E-state index is 13.7.